The number of carbonyl (C=O) groups is 2. The van der Waals surface area contributed by atoms with Crippen molar-refractivity contribution in [2.75, 3.05) is 12.4 Å². The number of nitrogens with one attached hydrogen (secondary N) is 2. The largest absolute Gasteiger partial charge is 0.495 e. The van der Waals surface area contributed by atoms with Crippen molar-refractivity contribution in [2.24, 2.45) is 5.10 Å². The van der Waals surface area contributed by atoms with Crippen LogP contribution in [0.1, 0.15) is 26.7 Å². The SMILES string of the molecule is CCC(CC)=NNC(=O)C(=O)Nc1ccc(OC)c(Cl)c1. The van der Waals surface area contributed by atoms with E-state index >= 15 is 0 Å². The third-order valence-corrected chi connectivity index (χ3v) is 3.04. The molecule has 7 heteroatoms. The van der Waals surface area contributed by atoms with Crippen molar-refractivity contribution in [1.29, 1.82) is 0 Å². The lowest BCUT2D eigenvalue weighted by Gasteiger charge is -2.07. The lowest BCUT2D eigenvalue weighted by Crippen LogP contribution is -2.33. The lowest BCUT2D eigenvalue weighted by atomic mass is 10.2. The number of hydrogen-bond donors (Lipinski definition) is 2. The average Bonchev–Trinajstić information content (AvgIpc) is 2.48. The van der Waals surface area contributed by atoms with Gasteiger partial charge in [-0.3, -0.25) is 9.59 Å². The Hall–Kier alpha value is -2.08. The van der Waals surface area contributed by atoms with Crippen molar-refractivity contribution in [3.8, 4) is 5.75 Å². The minimum absolute atomic E-state index is 0.341. The summed E-state index contributed by atoms with van der Waals surface area (Å²) in [6.45, 7) is 3.85. The normalized spacial score (nSPS) is 9.71. The second-order valence-corrected chi connectivity index (χ2v) is 4.54. The third-order valence-electron chi connectivity index (χ3n) is 2.75. The summed E-state index contributed by atoms with van der Waals surface area (Å²) in [7, 11) is 1.49. The van der Waals surface area contributed by atoms with E-state index in [4.69, 9.17) is 16.3 Å². The smallest absolute Gasteiger partial charge is 0.329 e. The number of carbonyl (C=O) groups excluding carboxylic acids is 2. The highest BCUT2D eigenvalue weighted by atomic mass is 35.5. The van der Waals surface area contributed by atoms with Gasteiger partial charge in [0.05, 0.1) is 12.1 Å². The molecule has 0 saturated heterocycles. The van der Waals surface area contributed by atoms with Crippen LogP contribution >= 0.6 is 11.6 Å². The summed E-state index contributed by atoms with van der Waals surface area (Å²) in [4.78, 5) is 23.3. The highest BCUT2D eigenvalue weighted by Crippen LogP contribution is 2.27. The standard InChI is InChI=1S/C14H18ClN3O3/c1-4-9(5-2)17-18-14(20)13(19)16-10-6-7-12(21-3)11(15)8-10/h6-8H,4-5H2,1-3H3,(H,16,19)(H,18,20). The predicted molar refractivity (Wildman–Crippen MR) is 82.8 cm³/mol. The van der Waals surface area contributed by atoms with Crippen LogP contribution in [0, 0.1) is 0 Å². The molecule has 0 spiro atoms. The van der Waals surface area contributed by atoms with Gasteiger partial charge in [-0.2, -0.15) is 5.10 Å². The van der Waals surface area contributed by atoms with E-state index in [-0.39, 0.29) is 0 Å². The summed E-state index contributed by atoms with van der Waals surface area (Å²) in [6.07, 6.45) is 1.43. The minimum Gasteiger partial charge on any atom is -0.495 e. The van der Waals surface area contributed by atoms with Crippen LogP contribution in [0.5, 0.6) is 5.75 Å². The molecule has 0 atom stereocenters. The van der Waals surface area contributed by atoms with E-state index < -0.39 is 11.8 Å². The second kappa shape index (κ2) is 8.26. The summed E-state index contributed by atoms with van der Waals surface area (Å²) < 4.78 is 5.00. The van der Waals surface area contributed by atoms with E-state index in [0.29, 0.717) is 29.3 Å². The van der Waals surface area contributed by atoms with Gasteiger partial charge in [0.2, 0.25) is 0 Å². The Morgan fingerprint density at radius 3 is 2.43 bits per heavy atom. The van der Waals surface area contributed by atoms with E-state index in [2.05, 4.69) is 15.8 Å². The Labute approximate surface area is 128 Å². The van der Waals surface area contributed by atoms with Crippen LogP contribution in [0.4, 0.5) is 5.69 Å². The van der Waals surface area contributed by atoms with Crippen molar-refractivity contribution in [1.82, 2.24) is 5.43 Å². The molecule has 6 nitrogen and oxygen atoms in total. The minimum atomic E-state index is -0.832. The van der Waals surface area contributed by atoms with E-state index in [1.807, 2.05) is 13.8 Å². The topological polar surface area (TPSA) is 79.8 Å². The second-order valence-electron chi connectivity index (χ2n) is 4.13. The molecule has 2 amide bonds. The molecule has 1 aromatic rings. The molecule has 0 radical (unpaired) electrons. The maximum Gasteiger partial charge on any atom is 0.329 e. The number of hydrazone groups is 1. The molecule has 114 valence electrons. The summed E-state index contributed by atoms with van der Waals surface area (Å²) in [5.41, 5.74) is 3.43. The van der Waals surface area contributed by atoms with Crippen LogP contribution in [0.2, 0.25) is 5.02 Å². The number of ether oxygens (including phenoxy) is 1. The quantitative estimate of drug-likeness (QED) is 0.498. The molecule has 0 bridgehead atoms. The molecule has 0 aliphatic carbocycles. The molecule has 0 fully saturated rings. The van der Waals surface area contributed by atoms with Crippen LogP contribution in [0.3, 0.4) is 0 Å². The monoisotopic (exact) mass is 311 g/mol. The first kappa shape index (κ1) is 17.0. The van der Waals surface area contributed by atoms with Gasteiger partial charge in [-0.15, -0.1) is 0 Å². The van der Waals surface area contributed by atoms with Crippen LogP contribution in [-0.2, 0) is 9.59 Å². The van der Waals surface area contributed by atoms with Crippen molar-refractivity contribution < 1.29 is 14.3 Å². The predicted octanol–water partition coefficient (Wildman–Crippen LogP) is 2.58. The highest BCUT2D eigenvalue weighted by molar-refractivity contribution is 6.40. The number of benzene rings is 1. The molecular weight excluding hydrogens is 294 g/mol. The zero-order chi connectivity index (χ0) is 15.8. The lowest BCUT2D eigenvalue weighted by molar-refractivity contribution is -0.136. The molecule has 1 rings (SSSR count). The van der Waals surface area contributed by atoms with E-state index in [1.54, 1.807) is 12.1 Å². The summed E-state index contributed by atoms with van der Waals surface area (Å²) in [5.74, 6) is -1.16. The third kappa shape index (κ3) is 5.07. The molecule has 0 aromatic heterocycles. The number of halogens is 1. The Morgan fingerprint density at radius 1 is 1.24 bits per heavy atom. The molecule has 0 aliphatic rings. The number of amides is 2. The first-order valence-corrected chi connectivity index (χ1v) is 6.89. The first-order valence-electron chi connectivity index (χ1n) is 6.52. The Morgan fingerprint density at radius 2 is 1.90 bits per heavy atom. The van der Waals surface area contributed by atoms with Gasteiger partial charge in [0.1, 0.15) is 5.75 Å². The molecule has 0 aliphatic heterocycles. The molecule has 0 unspecified atom stereocenters. The summed E-state index contributed by atoms with van der Waals surface area (Å²) in [6, 6.07) is 4.68. The van der Waals surface area contributed by atoms with Crippen molar-refractivity contribution in [3.63, 3.8) is 0 Å². The fourth-order valence-corrected chi connectivity index (χ4v) is 1.78. The van der Waals surface area contributed by atoms with Gasteiger partial charge in [0.15, 0.2) is 0 Å². The van der Waals surface area contributed by atoms with Gasteiger partial charge in [-0.05, 0) is 31.0 Å². The van der Waals surface area contributed by atoms with Crippen LogP contribution in [0.25, 0.3) is 0 Å². The Balaban J connectivity index is 2.66. The van der Waals surface area contributed by atoms with E-state index in [0.717, 1.165) is 5.71 Å². The van der Waals surface area contributed by atoms with Gasteiger partial charge in [-0.25, -0.2) is 5.43 Å². The molecule has 2 N–H and O–H groups in total. The maximum atomic E-state index is 11.7. The van der Waals surface area contributed by atoms with Crippen LogP contribution in [0.15, 0.2) is 23.3 Å². The first-order chi connectivity index (χ1) is 10.0. The fourth-order valence-electron chi connectivity index (χ4n) is 1.52. The average molecular weight is 312 g/mol. The molecule has 0 saturated carbocycles. The van der Waals surface area contributed by atoms with Gasteiger partial charge in [0, 0.05) is 11.4 Å². The van der Waals surface area contributed by atoms with Gasteiger partial charge in [-0.1, -0.05) is 25.4 Å². The zero-order valence-electron chi connectivity index (χ0n) is 12.2. The van der Waals surface area contributed by atoms with E-state index in [1.165, 1.54) is 13.2 Å². The molecule has 0 heterocycles. The van der Waals surface area contributed by atoms with Crippen molar-refractivity contribution in [2.45, 2.75) is 26.7 Å². The molecule has 1 aromatic carbocycles. The summed E-state index contributed by atoms with van der Waals surface area (Å²) in [5, 5.41) is 6.65. The van der Waals surface area contributed by atoms with Crippen molar-refractivity contribution in [3.05, 3.63) is 23.2 Å². The maximum absolute atomic E-state index is 11.7. The zero-order valence-corrected chi connectivity index (χ0v) is 13.0. The number of nitrogens with zero attached hydrogens (tertiary/aromatic N) is 1. The number of anilines is 1. The Bertz CT molecular complexity index is 552. The van der Waals surface area contributed by atoms with Crippen LogP contribution < -0.4 is 15.5 Å². The van der Waals surface area contributed by atoms with Crippen LogP contribution in [-0.4, -0.2) is 24.6 Å². The number of methoxy groups -OCH3 is 1. The highest BCUT2D eigenvalue weighted by Gasteiger charge is 2.14. The number of rotatable bonds is 5. The molecule has 21 heavy (non-hydrogen) atoms. The summed E-state index contributed by atoms with van der Waals surface area (Å²) >= 11 is 5.93. The van der Waals surface area contributed by atoms with Gasteiger partial charge >= 0.3 is 11.8 Å². The molecular formula is C14H18ClN3O3. The number of hydrogen-bond acceptors (Lipinski definition) is 4. The van der Waals surface area contributed by atoms with Crippen molar-refractivity contribution >= 4 is 34.8 Å². The van der Waals surface area contributed by atoms with Gasteiger partial charge in [0.25, 0.3) is 0 Å². The fraction of sp³-hybridized carbons (Fsp3) is 0.357. The van der Waals surface area contributed by atoms with E-state index in [9.17, 15) is 9.59 Å². The Kier molecular flexibility index (Phi) is 6.68. The van der Waals surface area contributed by atoms with Gasteiger partial charge < -0.3 is 10.1 Å².